The Labute approximate surface area is 149 Å². The third-order valence-corrected chi connectivity index (χ3v) is 4.18. The van der Waals surface area contributed by atoms with Crippen molar-refractivity contribution in [2.75, 3.05) is 0 Å². The molecule has 0 heterocycles. The Hall–Kier alpha value is -1.12. The first-order valence-electron chi connectivity index (χ1n) is 9.88. The Balaban J connectivity index is 3.52. The van der Waals surface area contributed by atoms with Gasteiger partial charge in [0, 0.05) is 13.3 Å². The fourth-order valence-corrected chi connectivity index (χ4v) is 2.79. The molecule has 0 saturated carbocycles. The minimum Gasteiger partial charge on any atom is -0.463 e. The lowest BCUT2D eigenvalue weighted by Crippen LogP contribution is -2.16. The fraction of sp³-hybridized carbons (Fsp3) is 0.810. The molecule has 24 heavy (non-hydrogen) atoms. The summed E-state index contributed by atoms with van der Waals surface area (Å²) >= 11 is 0. The number of Topliss-reactive ketones (excluding diaryl/α,β-unsaturated/α-hetero) is 1. The van der Waals surface area contributed by atoms with Crippen molar-refractivity contribution in [1.29, 1.82) is 0 Å². The van der Waals surface area contributed by atoms with Crippen LogP contribution >= 0.6 is 0 Å². The van der Waals surface area contributed by atoms with Crippen molar-refractivity contribution < 1.29 is 14.3 Å². The van der Waals surface area contributed by atoms with Crippen LogP contribution in [0, 0.1) is 0 Å². The van der Waals surface area contributed by atoms with E-state index in [1.807, 2.05) is 0 Å². The highest BCUT2D eigenvalue weighted by Crippen LogP contribution is 2.13. The first-order chi connectivity index (χ1) is 11.6. The number of ether oxygens (including phenoxy) is 1. The first kappa shape index (κ1) is 22.9. The monoisotopic (exact) mass is 338 g/mol. The molecule has 0 saturated heterocycles. The maximum atomic E-state index is 11.1. The molecule has 1 unspecified atom stereocenters. The van der Waals surface area contributed by atoms with Gasteiger partial charge in [-0.2, -0.15) is 0 Å². The molecule has 0 radical (unpaired) electrons. The van der Waals surface area contributed by atoms with Gasteiger partial charge in [-0.1, -0.05) is 51.2 Å². The fourth-order valence-electron chi connectivity index (χ4n) is 2.79. The molecule has 3 nitrogen and oxygen atoms in total. The number of rotatable bonds is 16. The summed E-state index contributed by atoms with van der Waals surface area (Å²) < 4.78 is 5.37. The van der Waals surface area contributed by atoms with E-state index in [1.165, 1.54) is 32.6 Å². The van der Waals surface area contributed by atoms with E-state index in [1.54, 1.807) is 6.92 Å². The number of allylic oxidation sites excluding steroid dienone is 2. The largest absolute Gasteiger partial charge is 0.463 e. The normalized spacial score (nSPS) is 12.5. The Morgan fingerprint density at radius 3 is 2.04 bits per heavy atom. The molecule has 0 aliphatic heterocycles. The summed E-state index contributed by atoms with van der Waals surface area (Å²) in [6.45, 7) is 5.33. The second-order valence-corrected chi connectivity index (χ2v) is 6.78. The zero-order chi connectivity index (χ0) is 18.0. The molecule has 3 heteroatoms. The minimum atomic E-state index is -0.157. The zero-order valence-corrected chi connectivity index (χ0v) is 16.1. The van der Waals surface area contributed by atoms with Gasteiger partial charge in [-0.15, -0.1) is 0 Å². The van der Waals surface area contributed by atoms with Crippen LogP contribution < -0.4 is 0 Å². The van der Waals surface area contributed by atoms with E-state index in [9.17, 15) is 9.59 Å². The van der Waals surface area contributed by atoms with Crippen molar-refractivity contribution in [2.45, 2.75) is 110 Å². The van der Waals surface area contributed by atoms with E-state index in [0.717, 1.165) is 57.8 Å². The number of ketones is 1. The Morgan fingerprint density at radius 1 is 0.833 bits per heavy atom. The standard InChI is InChI=1S/C21H38O3/c1-4-5-17-21(24-20(3)23)18-15-13-11-9-7-6-8-10-12-14-16-19(2)22/h9,11,21H,4-8,10,12-18H2,1-3H3. The van der Waals surface area contributed by atoms with Crippen LogP contribution in [0.25, 0.3) is 0 Å². The summed E-state index contributed by atoms with van der Waals surface area (Å²) in [5.74, 6) is 0.151. The van der Waals surface area contributed by atoms with Crippen LogP contribution in [-0.4, -0.2) is 17.9 Å². The molecule has 140 valence electrons. The highest BCUT2D eigenvalue weighted by molar-refractivity contribution is 5.75. The minimum absolute atomic E-state index is 0.103. The Bertz CT molecular complexity index is 347. The number of unbranched alkanes of at least 4 members (excludes halogenated alkanes) is 7. The van der Waals surface area contributed by atoms with Gasteiger partial charge in [-0.05, 0) is 51.9 Å². The first-order valence-corrected chi connectivity index (χ1v) is 9.88. The van der Waals surface area contributed by atoms with Crippen molar-refractivity contribution in [3.8, 4) is 0 Å². The van der Waals surface area contributed by atoms with Gasteiger partial charge in [0.25, 0.3) is 0 Å². The molecule has 0 aromatic rings. The maximum absolute atomic E-state index is 11.1. The second-order valence-electron chi connectivity index (χ2n) is 6.78. The van der Waals surface area contributed by atoms with Crippen molar-refractivity contribution in [1.82, 2.24) is 0 Å². The van der Waals surface area contributed by atoms with E-state index >= 15 is 0 Å². The number of carbonyl (C=O) groups excluding carboxylic acids is 2. The lowest BCUT2D eigenvalue weighted by molar-refractivity contribution is -0.147. The van der Waals surface area contributed by atoms with E-state index in [4.69, 9.17) is 4.74 Å². The average Bonchev–Trinajstić information content (AvgIpc) is 2.52. The molecular weight excluding hydrogens is 300 g/mol. The van der Waals surface area contributed by atoms with Crippen LogP contribution in [0.1, 0.15) is 104 Å². The third-order valence-electron chi connectivity index (χ3n) is 4.18. The van der Waals surface area contributed by atoms with Gasteiger partial charge < -0.3 is 9.53 Å². The number of carbonyl (C=O) groups is 2. The van der Waals surface area contributed by atoms with E-state index in [2.05, 4.69) is 19.1 Å². The highest BCUT2D eigenvalue weighted by Gasteiger charge is 2.10. The molecule has 1 atom stereocenters. The van der Waals surface area contributed by atoms with Crippen molar-refractivity contribution in [2.24, 2.45) is 0 Å². The van der Waals surface area contributed by atoms with Crippen molar-refractivity contribution in [3.05, 3.63) is 12.2 Å². The van der Waals surface area contributed by atoms with Gasteiger partial charge in [0.05, 0.1) is 0 Å². The molecule has 0 N–H and O–H groups in total. The SMILES string of the molecule is CCCCC(CCCC=CCCCCCCCC(C)=O)OC(C)=O. The van der Waals surface area contributed by atoms with Crippen molar-refractivity contribution in [3.63, 3.8) is 0 Å². The topological polar surface area (TPSA) is 43.4 Å². The van der Waals surface area contributed by atoms with E-state index in [-0.39, 0.29) is 12.1 Å². The molecule has 0 aromatic carbocycles. The molecule has 0 spiro atoms. The van der Waals surface area contributed by atoms with Crippen molar-refractivity contribution >= 4 is 11.8 Å². The quantitative estimate of drug-likeness (QED) is 0.192. The number of hydrogen-bond acceptors (Lipinski definition) is 3. The summed E-state index contributed by atoms with van der Waals surface area (Å²) in [5, 5.41) is 0. The lowest BCUT2D eigenvalue weighted by Gasteiger charge is -2.16. The van der Waals surface area contributed by atoms with Gasteiger partial charge in [0.15, 0.2) is 0 Å². The highest BCUT2D eigenvalue weighted by atomic mass is 16.5. The lowest BCUT2D eigenvalue weighted by atomic mass is 10.1. The second kappa shape index (κ2) is 16.7. The average molecular weight is 339 g/mol. The molecule has 0 amide bonds. The number of esters is 1. The summed E-state index contributed by atoms with van der Waals surface area (Å²) in [4.78, 5) is 21.9. The van der Waals surface area contributed by atoms with Crippen LogP contribution in [0.3, 0.4) is 0 Å². The van der Waals surface area contributed by atoms with Gasteiger partial charge >= 0.3 is 5.97 Å². The summed E-state index contributed by atoms with van der Waals surface area (Å²) in [6.07, 6.45) is 18.9. The van der Waals surface area contributed by atoms with Gasteiger partial charge in [0.2, 0.25) is 0 Å². The summed E-state index contributed by atoms with van der Waals surface area (Å²) in [7, 11) is 0. The van der Waals surface area contributed by atoms with Gasteiger partial charge in [-0.25, -0.2) is 0 Å². The van der Waals surface area contributed by atoms with Crippen LogP contribution in [-0.2, 0) is 14.3 Å². The molecule has 0 aromatic heterocycles. The smallest absolute Gasteiger partial charge is 0.302 e. The summed E-state index contributed by atoms with van der Waals surface area (Å²) in [6, 6.07) is 0. The molecule has 0 aliphatic carbocycles. The third kappa shape index (κ3) is 17.2. The molecular formula is C21H38O3. The molecule has 0 fully saturated rings. The van der Waals surface area contributed by atoms with Gasteiger partial charge in [-0.3, -0.25) is 4.79 Å². The Kier molecular flexibility index (Phi) is 15.9. The predicted octanol–water partition coefficient (Wildman–Crippen LogP) is 6.15. The van der Waals surface area contributed by atoms with Crippen LogP contribution in [0.4, 0.5) is 0 Å². The molecule has 0 bridgehead atoms. The van der Waals surface area contributed by atoms with Gasteiger partial charge in [0.1, 0.15) is 11.9 Å². The predicted molar refractivity (Wildman–Crippen MR) is 101 cm³/mol. The maximum Gasteiger partial charge on any atom is 0.302 e. The zero-order valence-electron chi connectivity index (χ0n) is 16.1. The molecule has 0 rings (SSSR count). The van der Waals surface area contributed by atoms with E-state index < -0.39 is 0 Å². The molecule has 0 aliphatic rings. The summed E-state index contributed by atoms with van der Waals surface area (Å²) in [5.41, 5.74) is 0. The van der Waals surface area contributed by atoms with E-state index in [0.29, 0.717) is 5.78 Å². The van der Waals surface area contributed by atoms with Crippen LogP contribution in [0.5, 0.6) is 0 Å². The Morgan fingerprint density at radius 2 is 1.42 bits per heavy atom. The van der Waals surface area contributed by atoms with Crippen LogP contribution in [0.15, 0.2) is 12.2 Å². The van der Waals surface area contributed by atoms with Crippen LogP contribution in [0.2, 0.25) is 0 Å². The number of hydrogen-bond donors (Lipinski definition) is 0.